The molecule has 27 heavy (non-hydrogen) atoms. The number of likely N-dealkylation sites (tertiary alicyclic amines) is 1. The average molecular weight is 369 g/mol. The Morgan fingerprint density at radius 1 is 1.11 bits per heavy atom. The molecule has 0 spiro atoms. The number of hydrogen-bond donors (Lipinski definition) is 2. The molecule has 0 radical (unpaired) electrons. The van der Waals surface area contributed by atoms with Crippen LogP contribution in [0.5, 0.6) is 0 Å². The normalized spacial score (nSPS) is 15.2. The van der Waals surface area contributed by atoms with Crippen LogP contribution in [0, 0.1) is 0 Å². The summed E-state index contributed by atoms with van der Waals surface area (Å²) >= 11 is 0. The molecule has 1 aliphatic heterocycles. The molecule has 0 unspecified atom stereocenters. The third-order valence-electron chi connectivity index (χ3n) is 4.80. The molecule has 7 heteroatoms. The number of nitrogens with one attached hydrogen (secondary N) is 2. The fourth-order valence-electron chi connectivity index (χ4n) is 3.21. The summed E-state index contributed by atoms with van der Waals surface area (Å²) in [5.74, 6) is -0.163. The van der Waals surface area contributed by atoms with Gasteiger partial charge in [-0.25, -0.2) is 9.78 Å². The zero-order valence-electron chi connectivity index (χ0n) is 15.5. The first-order valence-electron chi connectivity index (χ1n) is 9.55. The number of benzene rings is 1. The molecular formula is C20H27N5O2. The standard InChI is InChI=1S/C20H27N5O2/c26-19(22-15-17-7-3-1-4-8-17)18(9-13-24-14-10-21-16-24)23-20(27)25-11-5-2-6-12-25/h1,3-4,7-8,10,14,16,18H,2,5-6,9,11-13,15H2,(H,22,26)(H,23,27)/t18-/m0/s1. The highest BCUT2D eigenvalue weighted by Gasteiger charge is 2.24. The second kappa shape index (κ2) is 9.75. The van der Waals surface area contributed by atoms with Crippen molar-refractivity contribution in [1.82, 2.24) is 25.1 Å². The molecule has 1 fully saturated rings. The van der Waals surface area contributed by atoms with Crippen LogP contribution in [-0.2, 0) is 17.9 Å². The van der Waals surface area contributed by atoms with Gasteiger partial charge in [0.25, 0.3) is 0 Å². The number of amides is 3. The first-order valence-corrected chi connectivity index (χ1v) is 9.55. The molecule has 0 aliphatic carbocycles. The van der Waals surface area contributed by atoms with Crippen molar-refractivity contribution < 1.29 is 9.59 Å². The van der Waals surface area contributed by atoms with Crippen LogP contribution in [0.15, 0.2) is 49.1 Å². The number of imidazole rings is 1. The van der Waals surface area contributed by atoms with Gasteiger partial charge in [0.1, 0.15) is 6.04 Å². The van der Waals surface area contributed by atoms with Gasteiger partial charge in [-0.1, -0.05) is 30.3 Å². The maximum atomic E-state index is 12.7. The van der Waals surface area contributed by atoms with Crippen molar-refractivity contribution in [3.63, 3.8) is 0 Å². The van der Waals surface area contributed by atoms with E-state index in [1.165, 1.54) is 0 Å². The summed E-state index contributed by atoms with van der Waals surface area (Å²) in [7, 11) is 0. The monoisotopic (exact) mass is 369 g/mol. The van der Waals surface area contributed by atoms with Crippen LogP contribution in [0.3, 0.4) is 0 Å². The SMILES string of the molecule is O=C(NCc1ccccc1)[C@H](CCn1ccnc1)NC(=O)N1CCCCC1. The molecule has 3 rings (SSSR count). The fraction of sp³-hybridized carbons (Fsp3) is 0.450. The van der Waals surface area contributed by atoms with Crippen LogP contribution in [0.1, 0.15) is 31.2 Å². The van der Waals surface area contributed by atoms with E-state index < -0.39 is 6.04 Å². The summed E-state index contributed by atoms with van der Waals surface area (Å²) in [5.41, 5.74) is 1.03. The van der Waals surface area contributed by atoms with Crippen LogP contribution in [0.25, 0.3) is 0 Å². The van der Waals surface area contributed by atoms with E-state index in [9.17, 15) is 9.59 Å². The molecule has 1 aromatic carbocycles. The van der Waals surface area contributed by atoms with Crippen molar-refractivity contribution in [1.29, 1.82) is 0 Å². The molecule has 0 saturated carbocycles. The number of carbonyl (C=O) groups is 2. The van der Waals surface area contributed by atoms with Gasteiger partial charge < -0.3 is 20.1 Å². The van der Waals surface area contributed by atoms with Crippen LogP contribution in [0.2, 0.25) is 0 Å². The third-order valence-corrected chi connectivity index (χ3v) is 4.80. The summed E-state index contributed by atoms with van der Waals surface area (Å²) in [5, 5.41) is 5.87. The van der Waals surface area contributed by atoms with Crippen molar-refractivity contribution in [3.8, 4) is 0 Å². The van der Waals surface area contributed by atoms with Gasteiger partial charge in [-0.05, 0) is 31.2 Å². The van der Waals surface area contributed by atoms with Gasteiger partial charge in [-0.2, -0.15) is 0 Å². The first-order chi connectivity index (χ1) is 13.2. The smallest absolute Gasteiger partial charge is 0.318 e. The summed E-state index contributed by atoms with van der Waals surface area (Å²) in [4.78, 5) is 31.1. The molecule has 0 bridgehead atoms. The highest BCUT2D eigenvalue weighted by Crippen LogP contribution is 2.09. The number of rotatable bonds is 7. The Balaban J connectivity index is 1.58. The lowest BCUT2D eigenvalue weighted by molar-refractivity contribution is -0.123. The molecule has 2 N–H and O–H groups in total. The lowest BCUT2D eigenvalue weighted by Crippen LogP contribution is -2.52. The average Bonchev–Trinajstić information content (AvgIpc) is 3.24. The third kappa shape index (κ3) is 5.84. The van der Waals surface area contributed by atoms with Gasteiger partial charge in [0.05, 0.1) is 6.33 Å². The minimum absolute atomic E-state index is 0.153. The highest BCUT2D eigenvalue weighted by molar-refractivity contribution is 5.87. The number of nitrogens with zero attached hydrogens (tertiary/aromatic N) is 3. The lowest BCUT2D eigenvalue weighted by Gasteiger charge is -2.29. The lowest BCUT2D eigenvalue weighted by atomic mass is 10.1. The summed E-state index contributed by atoms with van der Waals surface area (Å²) in [6.45, 7) is 2.57. The number of aromatic nitrogens is 2. The number of piperidine rings is 1. The van der Waals surface area contributed by atoms with Crippen molar-refractivity contribution in [2.45, 2.75) is 44.8 Å². The van der Waals surface area contributed by atoms with Crippen molar-refractivity contribution in [2.24, 2.45) is 0 Å². The molecule has 144 valence electrons. The summed E-state index contributed by atoms with van der Waals surface area (Å²) in [6.07, 6.45) is 8.98. The largest absolute Gasteiger partial charge is 0.350 e. The molecule has 1 saturated heterocycles. The minimum atomic E-state index is -0.578. The molecule has 2 aromatic rings. The first kappa shape index (κ1) is 18.9. The highest BCUT2D eigenvalue weighted by atomic mass is 16.2. The fourth-order valence-corrected chi connectivity index (χ4v) is 3.21. The molecule has 1 aliphatic rings. The molecule has 1 atom stereocenters. The van der Waals surface area contributed by atoms with Crippen molar-refractivity contribution in [3.05, 3.63) is 54.6 Å². The van der Waals surface area contributed by atoms with Crippen molar-refractivity contribution in [2.75, 3.05) is 13.1 Å². The Morgan fingerprint density at radius 2 is 1.89 bits per heavy atom. The van der Waals surface area contributed by atoms with Crippen LogP contribution >= 0.6 is 0 Å². The number of hydrogen-bond acceptors (Lipinski definition) is 3. The van der Waals surface area contributed by atoms with Crippen LogP contribution < -0.4 is 10.6 Å². The molecule has 2 heterocycles. The van der Waals surface area contributed by atoms with Crippen LogP contribution in [0.4, 0.5) is 4.79 Å². The van der Waals surface area contributed by atoms with E-state index in [0.717, 1.165) is 37.9 Å². The second-order valence-electron chi connectivity index (χ2n) is 6.84. The summed E-state index contributed by atoms with van der Waals surface area (Å²) < 4.78 is 1.91. The van der Waals surface area contributed by atoms with E-state index in [1.807, 2.05) is 41.1 Å². The van der Waals surface area contributed by atoms with Gasteiger partial charge in [-0.15, -0.1) is 0 Å². The topological polar surface area (TPSA) is 79.3 Å². The Bertz CT molecular complexity index is 711. The molecule has 3 amide bonds. The Hall–Kier alpha value is -2.83. The summed E-state index contributed by atoms with van der Waals surface area (Å²) in [6, 6.07) is 9.02. The maximum absolute atomic E-state index is 12.7. The van der Waals surface area contributed by atoms with E-state index in [4.69, 9.17) is 0 Å². The van der Waals surface area contributed by atoms with E-state index in [1.54, 1.807) is 17.4 Å². The van der Waals surface area contributed by atoms with Crippen LogP contribution in [-0.4, -0.2) is 45.5 Å². The van der Waals surface area contributed by atoms with E-state index >= 15 is 0 Å². The van der Waals surface area contributed by atoms with Gasteiger partial charge in [0.2, 0.25) is 5.91 Å². The van der Waals surface area contributed by atoms with Gasteiger partial charge in [-0.3, -0.25) is 4.79 Å². The predicted octanol–water partition coefficient (Wildman–Crippen LogP) is 2.15. The maximum Gasteiger partial charge on any atom is 0.318 e. The molecular weight excluding hydrogens is 342 g/mol. The van der Waals surface area contributed by atoms with E-state index in [-0.39, 0.29) is 11.9 Å². The zero-order valence-corrected chi connectivity index (χ0v) is 15.5. The van der Waals surface area contributed by atoms with E-state index in [0.29, 0.717) is 19.5 Å². The zero-order chi connectivity index (χ0) is 18.9. The number of carbonyl (C=O) groups excluding carboxylic acids is 2. The number of urea groups is 1. The Labute approximate surface area is 159 Å². The van der Waals surface area contributed by atoms with E-state index in [2.05, 4.69) is 15.6 Å². The van der Waals surface area contributed by atoms with Crippen molar-refractivity contribution >= 4 is 11.9 Å². The predicted molar refractivity (Wildman–Crippen MR) is 103 cm³/mol. The number of aryl methyl sites for hydroxylation is 1. The Morgan fingerprint density at radius 3 is 2.59 bits per heavy atom. The molecule has 7 nitrogen and oxygen atoms in total. The van der Waals surface area contributed by atoms with Gasteiger partial charge >= 0.3 is 6.03 Å². The van der Waals surface area contributed by atoms with Gasteiger partial charge in [0, 0.05) is 38.6 Å². The quantitative estimate of drug-likeness (QED) is 0.785. The minimum Gasteiger partial charge on any atom is -0.350 e. The Kier molecular flexibility index (Phi) is 6.84. The van der Waals surface area contributed by atoms with Gasteiger partial charge in [0.15, 0.2) is 0 Å². The second-order valence-corrected chi connectivity index (χ2v) is 6.84. The molecule has 1 aromatic heterocycles.